The second-order valence-corrected chi connectivity index (χ2v) is 8.62. The minimum atomic E-state index is -0.127. The molecule has 4 heterocycles. The minimum Gasteiger partial charge on any atom is -0.299 e. The minimum absolute atomic E-state index is 0.127. The van der Waals surface area contributed by atoms with Crippen molar-refractivity contribution in [2.24, 2.45) is 0 Å². The molecular weight excluding hydrogens is 456 g/mol. The molecule has 0 saturated carbocycles. The van der Waals surface area contributed by atoms with Gasteiger partial charge in [-0.15, -0.1) is 20.4 Å². The predicted molar refractivity (Wildman–Crippen MR) is 134 cm³/mol. The van der Waals surface area contributed by atoms with Gasteiger partial charge in [0.05, 0.1) is 12.2 Å². The van der Waals surface area contributed by atoms with Gasteiger partial charge < -0.3 is 0 Å². The number of nitrogens with one attached hydrogen (secondary N) is 1. The third-order valence-electron chi connectivity index (χ3n) is 6.08. The molecule has 0 aliphatic rings. The highest BCUT2D eigenvalue weighted by Crippen LogP contribution is 2.28. The Hall–Kier alpha value is -4.41. The molecule has 0 radical (unpaired) electrons. The van der Waals surface area contributed by atoms with Gasteiger partial charge in [-0.05, 0) is 36.1 Å². The summed E-state index contributed by atoms with van der Waals surface area (Å²) in [5.74, 6) is 1.06. The lowest BCUT2D eigenvalue weighted by atomic mass is 10.0. The Morgan fingerprint density at radius 1 is 1.00 bits per heavy atom. The molecule has 184 valence electrons. The molecule has 1 N–H and O–H groups in total. The van der Waals surface area contributed by atoms with E-state index < -0.39 is 0 Å². The number of hydrogen-bond acceptors (Lipinski definition) is 7. The van der Waals surface area contributed by atoms with E-state index in [0.717, 1.165) is 60.3 Å². The molecule has 0 fully saturated rings. The van der Waals surface area contributed by atoms with Crippen LogP contribution in [0.3, 0.4) is 0 Å². The van der Waals surface area contributed by atoms with Crippen LogP contribution in [0.15, 0.2) is 59.9 Å². The molecule has 36 heavy (non-hydrogen) atoms. The predicted octanol–water partition coefficient (Wildman–Crippen LogP) is 3.27. The first-order valence-electron chi connectivity index (χ1n) is 12.2. The third-order valence-corrected chi connectivity index (χ3v) is 6.08. The van der Waals surface area contributed by atoms with Crippen LogP contribution in [0, 0.1) is 0 Å². The number of nitrogens with zero attached hydrogens (tertiary/aromatic N) is 9. The van der Waals surface area contributed by atoms with Gasteiger partial charge in [-0.2, -0.15) is 5.21 Å². The molecule has 0 atom stereocenters. The Morgan fingerprint density at radius 3 is 2.58 bits per heavy atom. The zero-order chi connectivity index (χ0) is 24.9. The molecule has 0 aliphatic carbocycles. The van der Waals surface area contributed by atoms with Crippen molar-refractivity contribution in [3.63, 3.8) is 0 Å². The number of H-pyrrole nitrogens is 1. The summed E-state index contributed by atoms with van der Waals surface area (Å²) in [5, 5.41) is 22.6. The molecule has 0 spiro atoms. The molecule has 5 rings (SSSR count). The van der Waals surface area contributed by atoms with Gasteiger partial charge in [0.15, 0.2) is 0 Å². The van der Waals surface area contributed by atoms with E-state index in [9.17, 15) is 4.79 Å². The number of hydrogen-bond donors (Lipinski definition) is 1. The van der Waals surface area contributed by atoms with Crippen molar-refractivity contribution in [2.45, 2.75) is 52.6 Å². The van der Waals surface area contributed by atoms with E-state index in [2.05, 4.69) is 44.7 Å². The van der Waals surface area contributed by atoms with Crippen LogP contribution >= 0.6 is 0 Å². The van der Waals surface area contributed by atoms with Crippen LogP contribution in [-0.2, 0) is 19.5 Å². The lowest BCUT2D eigenvalue weighted by molar-refractivity contribution is 0.636. The Morgan fingerprint density at radius 2 is 1.86 bits per heavy atom. The van der Waals surface area contributed by atoms with E-state index in [1.165, 1.54) is 0 Å². The fraction of sp³-hybridized carbons (Fsp3) is 0.320. The summed E-state index contributed by atoms with van der Waals surface area (Å²) >= 11 is 0. The molecule has 11 heteroatoms. The van der Waals surface area contributed by atoms with Gasteiger partial charge in [-0.3, -0.25) is 14.1 Å². The van der Waals surface area contributed by atoms with Crippen LogP contribution in [0.1, 0.15) is 44.4 Å². The van der Waals surface area contributed by atoms with Crippen molar-refractivity contribution in [1.82, 2.24) is 49.5 Å². The lowest BCUT2D eigenvalue weighted by Gasteiger charge is -2.09. The van der Waals surface area contributed by atoms with Crippen LogP contribution in [-0.4, -0.2) is 49.5 Å². The van der Waals surface area contributed by atoms with Crippen LogP contribution < -0.4 is 5.69 Å². The van der Waals surface area contributed by atoms with Crippen molar-refractivity contribution in [3.05, 3.63) is 76.9 Å². The molecule has 5 aromatic rings. The number of aryl methyl sites for hydroxylation is 2. The van der Waals surface area contributed by atoms with Gasteiger partial charge in [0.1, 0.15) is 6.33 Å². The number of tetrazole rings is 1. The number of benzene rings is 1. The van der Waals surface area contributed by atoms with Gasteiger partial charge in [0, 0.05) is 35.8 Å². The highest BCUT2D eigenvalue weighted by atomic mass is 16.2. The Bertz CT molecular complexity index is 1480. The molecule has 1 aromatic carbocycles. The molecule has 11 nitrogen and oxygen atoms in total. The maximum absolute atomic E-state index is 13.5. The smallest absolute Gasteiger partial charge is 0.299 e. The number of pyridine rings is 1. The van der Waals surface area contributed by atoms with E-state index in [1.807, 2.05) is 57.9 Å². The number of rotatable bonds is 10. The SMILES string of the molecule is CCCCc1cn(-c2nncn2CCC)c(=O)n1Cc1ccc(-c2ccccc2-c2nn[nH]n2)nc1. The average molecular weight is 485 g/mol. The summed E-state index contributed by atoms with van der Waals surface area (Å²) in [5.41, 5.74) is 4.33. The average Bonchev–Trinajstić information content (AvgIpc) is 3.66. The maximum atomic E-state index is 13.5. The Kier molecular flexibility index (Phi) is 6.78. The van der Waals surface area contributed by atoms with E-state index in [0.29, 0.717) is 18.3 Å². The molecule has 0 saturated heterocycles. The van der Waals surface area contributed by atoms with Crippen LogP contribution in [0.25, 0.3) is 28.6 Å². The lowest BCUT2D eigenvalue weighted by Crippen LogP contribution is -2.26. The van der Waals surface area contributed by atoms with Gasteiger partial charge in [-0.1, -0.05) is 50.6 Å². The van der Waals surface area contributed by atoms with Gasteiger partial charge in [0.2, 0.25) is 11.8 Å². The third kappa shape index (κ3) is 4.59. The molecule has 4 aromatic heterocycles. The Labute approximate surface area is 207 Å². The zero-order valence-electron chi connectivity index (χ0n) is 20.4. The normalized spacial score (nSPS) is 11.3. The summed E-state index contributed by atoms with van der Waals surface area (Å²) in [6, 6.07) is 11.8. The second kappa shape index (κ2) is 10.5. The maximum Gasteiger partial charge on any atom is 0.335 e. The van der Waals surface area contributed by atoms with Gasteiger partial charge in [0.25, 0.3) is 0 Å². The van der Waals surface area contributed by atoms with Crippen molar-refractivity contribution in [3.8, 4) is 28.6 Å². The van der Waals surface area contributed by atoms with Gasteiger partial charge in [-0.25, -0.2) is 9.36 Å². The van der Waals surface area contributed by atoms with Crippen LogP contribution in [0.2, 0.25) is 0 Å². The fourth-order valence-corrected chi connectivity index (χ4v) is 4.27. The van der Waals surface area contributed by atoms with Crippen LogP contribution in [0.5, 0.6) is 0 Å². The van der Waals surface area contributed by atoms with E-state index >= 15 is 0 Å². The summed E-state index contributed by atoms with van der Waals surface area (Å²) in [6.45, 7) is 5.40. The summed E-state index contributed by atoms with van der Waals surface area (Å²) < 4.78 is 5.33. The summed E-state index contributed by atoms with van der Waals surface area (Å²) in [6.07, 6.45) is 9.16. The van der Waals surface area contributed by atoms with E-state index in [-0.39, 0.29) is 5.69 Å². The first-order valence-corrected chi connectivity index (χ1v) is 12.2. The number of unbranched alkanes of at least 4 members (excludes halogenated alkanes) is 1. The quantitative estimate of drug-likeness (QED) is 0.322. The zero-order valence-corrected chi connectivity index (χ0v) is 20.4. The Balaban J connectivity index is 1.46. The molecule has 0 amide bonds. The van der Waals surface area contributed by atoms with Crippen molar-refractivity contribution < 1.29 is 0 Å². The number of imidazole rings is 1. The molecular formula is C25H28N10O. The number of aromatic nitrogens is 10. The van der Waals surface area contributed by atoms with Gasteiger partial charge >= 0.3 is 5.69 Å². The molecule has 0 unspecified atom stereocenters. The van der Waals surface area contributed by atoms with E-state index in [4.69, 9.17) is 4.98 Å². The summed E-state index contributed by atoms with van der Waals surface area (Å²) in [4.78, 5) is 18.2. The second-order valence-electron chi connectivity index (χ2n) is 8.62. The highest BCUT2D eigenvalue weighted by molar-refractivity contribution is 5.78. The highest BCUT2D eigenvalue weighted by Gasteiger charge is 2.17. The van der Waals surface area contributed by atoms with E-state index in [1.54, 1.807) is 10.9 Å². The van der Waals surface area contributed by atoms with Crippen molar-refractivity contribution in [1.29, 1.82) is 0 Å². The monoisotopic (exact) mass is 484 g/mol. The molecule has 0 bridgehead atoms. The largest absolute Gasteiger partial charge is 0.335 e. The van der Waals surface area contributed by atoms with Crippen molar-refractivity contribution in [2.75, 3.05) is 0 Å². The molecule has 0 aliphatic heterocycles. The number of aromatic amines is 1. The topological polar surface area (TPSA) is 125 Å². The summed E-state index contributed by atoms with van der Waals surface area (Å²) in [7, 11) is 0. The van der Waals surface area contributed by atoms with Crippen LogP contribution in [0.4, 0.5) is 0 Å². The van der Waals surface area contributed by atoms with Crippen molar-refractivity contribution >= 4 is 0 Å². The first-order chi connectivity index (χ1) is 17.7. The standard InChI is InChI=1S/C25H28N10O/c1-3-5-8-19-16-35(24-30-27-17-33(24)13-4-2)25(36)34(19)15-18-11-12-22(26-14-18)20-9-6-7-10-21(20)23-28-31-32-29-23/h6-7,9-12,14,16-17H,3-5,8,13,15H2,1-2H3,(H,28,29,31,32). The fourth-order valence-electron chi connectivity index (χ4n) is 4.27. The first kappa shape index (κ1) is 23.3.